The summed E-state index contributed by atoms with van der Waals surface area (Å²) >= 11 is 0. The largest absolute Gasteiger partial charge is 0.481 e. The van der Waals surface area contributed by atoms with Crippen LogP contribution in [0, 0.1) is 5.92 Å². The summed E-state index contributed by atoms with van der Waals surface area (Å²) in [5.41, 5.74) is 0. The minimum absolute atomic E-state index is 0.00310. The monoisotopic (exact) mass is 526 g/mol. The standard InChI is InChI=1S/C31H58O6/c1-5-8-11-14-17-20-26(4)23-30(34)37-28(22-19-16-13-10-7-3)25-31(35)36-27(24-29(32)33)21-18-15-12-9-6-2/h26-28H,5-25H2,1-4H3,(H,32,33)/t26-,27-,28-/m1/s1. The number of carbonyl (C=O) groups excluding carboxylic acids is 2. The van der Waals surface area contributed by atoms with E-state index in [1.54, 1.807) is 0 Å². The minimum atomic E-state index is -0.964. The zero-order valence-electron chi connectivity index (χ0n) is 24.6. The molecular formula is C31H58O6. The van der Waals surface area contributed by atoms with Gasteiger partial charge in [0.05, 0.1) is 12.8 Å². The van der Waals surface area contributed by atoms with E-state index in [2.05, 4.69) is 27.7 Å². The second-order valence-electron chi connectivity index (χ2n) is 10.9. The van der Waals surface area contributed by atoms with Crippen molar-refractivity contribution in [3.63, 3.8) is 0 Å². The Balaban J connectivity index is 4.78. The fourth-order valence-electron chi connectivity index (χ4n) is 4.69. The van der Waals surface area contributed by atoms with Gasteiger partial charge in [-0.1, -0.05) is 118 Å². The van der Waals surface area contributed by atoms with Crippen molar-refractivity contribution in [1.29, 1.82) is 0 Å². The van der Waals surface area contributed by atoms with Gasteiger partial charge in [0.1, 0.15) is 12.2 Å². The lowest BCUT2D eigenvalue weighted by atomic mass is 9.99. The highest BCUT2D eigenvalue weighted by Gasteiger charge is 2.24. The van der Waals surface area contributed by atoms with Gasteiger partial charge in [-0.2, -0.15) is 0 Å². The summed E-state index contributed by atoms with van der Waals surface area (Å²) in [6.45, 7) is 8.61. The maximum absolute atomic E-state index is 12.7. The number of rotatable bonds is 26. The topological polar surface area (TPSA) is 89.9 Å². The second-order valence-corrected chi connectivity index (χ2v) is 10.9. The van der Waals surface area contributed by atoms with Crippen molar-refractivity contribution in [2.24, 2.45) is 5.92 Å². The first-order chi connectivity index (χ1) is 17.8. The van der Waals surface area contributed by atoms with Crippen LogP contribution in [0.3, 0.4) is 0 Å². The van der Waals surface area contributed by atoms with Crippen molar-refractivity contribution in [1.82, 2.24) is 0 Å². The Morgan fingerprint density at radius 3 is 1.35 bits per heavy atom. The maximum Gasteiger partial charge on any atom is 0.309 e. The fourth-order valence-corrected chi connectivity index (χ4v) is 4.69. The van der Waals surface area contributed by atoms with E-state index < -0.39 is 24.1 Å². The van der Waals surface area contributed by atoms with E-state index in [0.29, 0.717) is 19.3 Å². The van der Waals surface area contributed by atoms with Crippen LogP contribution in [0.15, 0.2) is 0 Å². The van der Waals surface area contributed by atoms with Crippen molar-refractivity contribution in [2.75, 3.05) is 0 Å². The molecular weight excluding hydrogens is 468 g/mol. The Morgan fingerprint density at radius 2 is 0.919 bits per heavy atom. The van der Waals surface area contributed by atoms with Gasteiger partial charge in [-0.3, -0.25) is 14.4 Å². The molecule has 0 aliphatic rings. The van der Waals surface area contributed by atoms with Gasteiger partial charge in [-0.15, -0.1) is 0 Å². The highest BCUT2D eigenvalue weighted by Crippen LogP contribution is 2.20. The molecule has 218 valence electrons. The number of hydrogen-bond acceptors (Lipinski definition) is 5. The van der Waals surface area contributed by atoms with Crippen molar-refractivity contribution >= 4 is 17.9 Å². The smallest absolute Gasteiger partial charge is 0.309 e. The van der Waals surface area contributed by atoms with Gasteiger partial charge in [0.25, 0.3) is 0 Å². The van der Waals surface area contributed by atoms with Gasteiger partial charge in [0.2, 0.25) is 0 Å². The SMILES string of the molecule is CCCCCCC[C@@H](C)CC(=O)O[C@H](CCCCCCC)CC(=O)O[C@H](CCCCCCC)CC(=O)O. The second kappa shape index (κ2) is 24.7. The summed E-state index contributed by atoms with van der Waals surface area (Å²) in [5, 5.41) is 9.25. The lowest BCUT2D eigenvalue weighted by Crippen LogP contribution is -2.27. The number of unbranched alkanes of at least 4 members (excludes halogenated alkanes) is 12. The predicted molar refractivity (Wildman–Crippen MR) is 151 cm³/mol. The van der Waals surface area contributed by atoms with Crippen LogP contribution in [-0.4, -0.2) is 35.2 Å². The van der Waals surface area contributed by atoms with Crippen molar-refractivity contribution in [3.05, 3.63) is 0 Å². The quantitative estimate of drug-likeness (QED) is 0.0894. The molecule has 0 amide bonds. The zero-order valence-corrected chi connectivity index (χ0v) is 24.6. The van der Waals surface area contributed by atoms with Crippen LogP contribution in [0.1, 0.15) is 163 Å². The molecule has 0 aliphatic heterocycles. The molecule has 37 heavy (non-hydrogen) atoms. The molecule has 0 aromatic rings. The third kappa shape index (κ3) is 23.3. The highest BCUT2D eigenvalue weighted by molar-refractivity contribution is 5.73. The molecule has 3 atom stereocenters. The van der Waals surface area contributed by atoms with E-state index in [9.17, 15) is 19.5 Å². The maximum atomic E-state index is 12.7. The van der Waals surface area contributed by atoms with Gasteiger partial charge in [0.15, 0.2) is 0 Å². The number of hydrogen-bond donors (Lipinski definition) is 1. The van der Waals surface area contributed by atoms with E-state index in [1.165, 1.54) is 32.1 Å². The molecule has 0 heterocycles. The lowest BCUT2D eigenvalue weighted by molar-refractivity contribution is -0.160. The molecule has 0 rings (SSSR count). The Labute approximate surface area is 227 Å². The molecule has 0 unspecified atom stereocenters. The minimum Gasteiger partial charge on any atom is -0.481 e. The van der Waals surface area contributed by atoms with Crippen molar-refractivity contribution in [3.8, 4) is 0 Å². The average molecular weight is 527 g/mol. The van der Waals surface area contributed by atoms with E-state index >= 15 is 0 Å². The van der Waals surface area contributed by atoms with Gasteiger partial charge < -0.3 is 14.6 Å². The van der Waals surface area contributed by atoms with Gasteiger partial charge in [-0.05, 0) is 31.6 Å². The summed E-state index contributed by atoms with van der Waals surface area (Å²) in [6, 6.07) is 0. The third-order valence-corrected chi connectivity index (χ3v) is 6.97. The van der Waals surface area contributed by atoms with Gasteiger partial charge in [-0.25, -0.2) is 0 Å². The zero-order chi connectivity index (χ0) is 27.7. The highest BCUT2D eigenvalue weighted by atomic mass is 16.6. The number of carboxylic acid groups (broad SMARTS) is 1. The number of aliphatic carboxylic acids is 1. The van der Waals surface area contributed by atoms with Crippen LogP contribution in [0.2, 0.25) is 0 Å². The first-order valence-electron chi connectivity index (χ1n) is 15.4. The normalized spacial score (nSPS) is 13.6. The van der Waals surface area contributed by atoms with E-state index in [-0.39, 0.29) is 24.7 Å². The average Bonchev–Trinajstić information content (AvgIpc) is 2.83. The Kier molecular flexibility index (Phi) is 23.7. The van der Waals surface area contributed by atoms with Crippen LogP contribution in [-0.2, 0) is 23.9 Å². The van der Waals surface area contributed by atoms with Crippen molar-refractivity contribution in [2.45, 2.75) is 175 Å². The van der Waals surface area contributed by atoms with E-state index in [0.717, 1.165) is 70.6 Å². The van der Waals surface area contributed by atoms with Gasteiger partial charge in [0, 0.05) is 6.42 Å². The molecule has 6 heteroatoms. The summed E-state index contributed by atoms with van der Waals surface area (Å²) in [4.78, 5) is 36.7. The van der Waals surface area contributed by atoms with Crippen LogP contribution >= 0.6 is 0 Å². The Hall–Kier alpha value is -1.59. The van der Waals surface area contributed by atoms with Crippen LogP contribution in [0.5, 0.6) is 0 Å². The van der Waals surface area contributed by atoms with Crippen LogP contribution < -0.4 is 0 Å². The summed E-state index contributed by atoms with van der Waals surface area (Å²) in [5.74, 6) is -1.41. The Morgan fingerprint density at radius 1 is 0.541 bits per heavy atom. The lowest BCUT2D eigenvalue weighted by Gasteiger charge is -2.21. The molecule has 6 nitrogen and oxygen atoms in total. The summed E-state index contributed by atoms with van der Waals surface area (Å²) < 4.78 is 11.4. The first kappa shape index (κ1) is 35.4. The molecule has 0 fully saturated rings. The molecule has 0 aliphatic carbocycles. The fraction of sp³-hybridized carbons (Fsp3) is 0.903. The Bertz CT molecular complexity index is 576. The first-order valence-corrected chi connectivity index (χ1v) is 15.4. The summed E-state index contributed by atoms with van der Waals surface area (Å²) in [7, 11) is 0. The molecule has 0 radical (unpaired) electrons. The van der Waals surface area contributed by atoms with E-state index in [1.807, 2.05) is 0 Å². The van der Waals surface area contributed by atoms with E-state index in [4.69, 9.17) is 9.47 Å². The van der Waals surface area contributed by atoms with Gasteiger partial charge >= 0.3 is 17.9 Å². The molecule has 0 aromatic heterocycles. The molecule has 0 aromatic carbocycles. The summed E-state index contributed by atoms with van der Waals surface area (Å²) in [6.07, 6.45) is 18.0. The number of ether oxygens (including phenoxy) is 2. The van der Waals surface area contributed by atoms with Crippen LogP contribution in [0.4, 0.5) is 0 Å². The number of esters is 2. The number of carbonyl (C=O) groups is 3. The number of carboxylic acids is 1. The molecule has 0 bridgehead atoms. The van der Waals surface area contributed by atoms with Crippen molar-refractivity contribution < 1.29 is 29.0 Å². The molecule has 0 saturated carbocycles. The third-order valence-electron chi connectivity index (χ3n) is 6.97. The molecule has 0 saturated heterocycles. The van der Waals surface area contributed by atoms with Crippen LogP contribution in [0.25, 0.3) is 0 Å². The molecule has 1 N–H and O–H groups in total. The predicted octanol–water partition coefficient (Wildman–Crippen LogP) is 8.78. The molecule has 0 spiro atoms.